The number of carbonyl (C=O) groups excluding carboxylic acids is 1. The largest absolute Gasteiger partial charge is 0.504 e. The van der Waals surface area contributed by atoms with Gasteiger partial charge in [-0.3, -0.25) is 9.69 Å². The third kappa shape index (κ3) is 5.20. The number of rotatable bonds is 5. The molecule has 2 aromatic carbocycles. The number of amides is 1. The number of para-hydroxylation sites is 1. The minimum atomic E-state index is -4.35. The Labute approximate surface area is 167 Å². The van der Waals surface area contributed by atoms with E-state index >= 15 is 0 Å². The Kier molecular flexibility index (Phi) is 6.32. The smallest absolute Gasteiger partial charge is 0.416 e. The van der Waals surface area contributed by atoms with Crippen LogP contribution in [0.1, 0.15) is 34.3 Å². The highest BCUT2D eigenvalue weighted by molar-refractivity contribution is 5.97. The van der Waals surface area contributed by atoms with Crippen LogP contribution in [0.3, 0.4) is 0 Å². The van der Waals surface area contributed by atoms with Gasteiger partial charge in [-0.2, -0.15) is 13.2 Å². The number of piperidine rings is 1. The minimum absolute atomic E-state index is 0.0640. The molecule has 5 nitrogen and oxygen atoms in total. The molecular weight excluding hydrogens is 385 g/mol. The number of halogens is 3. The zero-order valence-corrected chi connectivity index (χ0v) is 16.0. The molecule has 0 bridgehead atoms. The van der Waals surface area contributed by atoms with Crippen LogP contribution in [-0.4, -0.2) is 42.2 Å². The number of nitrogens with zero attached hydrogens (tertiary/aromatic N) is 1. The first kappa shape index (κ1) is 21.0. The molecule has 0 aliphatic carbocycles. The van der Waals surface area contributed by atoms with Crippen molar-refractivity contribution >= 4 is 5.91 Å². The molecule has 8 heteroatoms. The maximum atomic E-state index is 12.9. The Morgan fingerprint density at radius 2 is 1.90 bits per heavy atom. The van der Waals surface area contributed by atoms with Gasteiger partial charge in [0.1, 0.15) is 0 Å². The number of phenolic OH excluding ortho intramolecular Hbond substituents is 1. The summed E-state index contributed by atoms with van der Waals surface area (Å²) >= 11 is 0. The molecule has 0 unspecified atom stereocenters. The molecule has 0 saturated carbocycles. The van der Waals surface area contributed by atoms with E-state index in [2.05, 4.69) is 10.2 Å². The summed E-state index contributed by atoms with van der Waals surface area (Å²) < 4.78 is 43.6. The Bertz CT molecular complexity index is 862. The second-order valence-electron chi connectivity index (χ2n) is 7.08. The van der Waals surface area contributed by atoms with Crippen LogP contribution in [0, 0.1) is 0 Å². The van der Waals surface area contributed by atoms with E-state index in [1.54, 1.807) is 18.2 Å². The van der Waals surface area contributed by atoms with Crippen LogP contribution in [-0.2, 0) is 12.7 Å². The lowest BCUT2D eigenvalue weighted by molar-refractivity contribution is -0.137. The van der Waals surface area contributed by atoms with Crippen LogP contribution in [0.4, 0.5) is 13.2 Å². The summed E-state index contributed by atoms with van der Waals surface area (Å²) in [7, 11) is 1.41. The molecule has 1 amide bonds. The Balaban J connectivity index is 1.54. The fourth-order valence-electron chi connectivity index (χ4n) is 3.47. The molecule has 0 radical (unpaired) electrons. The molecule has 29 heavy (non-hydrogen) atoms. The molecule has 3 rings (SSSR count). The van der Waals surface area contributed by atoms with Gasteiger partial charge in [0, 0.05) is 25.7 Å². The maximum Gasteiger partial charge on any atom is 0.416 e. The molecule has 0 atom stereocenters. The molecule has 1 fully saturated rings. The number of alkyl halides is 3. The maximum absolute atomic E-state index is 12.9. The standard InChI is InChI=1S/C21H23F3N2O3/c1-29-18-7-3-6-17(19(18)27)20(28)25-16-8-10-26(11-9-16)13-14-4-2-5-15(12-14)21(22,23)24/h2-7,12,16,27H,8-11,13H2,1H3,(H,25,28). The van der Waals surface area contributed by atoms with E-state index in [9.17, 15) is 23.1 Å². The molecule has 2 aromatic rings. The topological polar surface area (TPSA) is 61.8 Å². The van der Waals surface area contributed by atoms with Crippen molar-refractivity contribution in [3.63, 3.8) is 0 Å². The number of carbonyl (C=O) groups is 1. The van der Waals surface area contributed by atoms with E-state index in [1.807, 2.05) is 0 Å². The van der Waals surface area contributed by atoms with Crippen molar-refractivity contribution in [2.24, 2.45) is 0 Å². The fraction of sp³-hybridized carbons (Fsp3) is 0.381. The summed E-state index contributed by atoms with van der Waals surface area (Å²) in [6.07, 6.45) is -3.00. The Morgan fingerprint density at radius 3 is 2.55 bits per heavy atom. The van der Waals surface area contributed by atoms with E-state index in [-0.39, 0.29) is 29.0 Å². The van der Waals surface area contributed by atoms with Gasteiger partial charge in [0.2, 0.25) is 0 Å². The van der Waals surface area contributed by atoms with E-state index in [0.29, 0.717) is 38.0 Å². The summed E-state index contributed by atoms with van der Waals surface area (Å²) in [5.41, 5.74) is 0.120. The summed E-state index contributed by atoms with van der Waals surface area (Å²) in [5, 5.41) is 13.0. The summed E-state index contributed by atoms with van der Waals surface area (Å²) in [6, 6.07) is 10.0. The van der Waals surface area contributed by atoms with Crippen molar-refractivity contribution < 1.29 is 27.8 Å². The number of ether oxygens (including phenoxy) is 1. The van der Waals surface area contributed by atoms with Gasteiger partial charge in [-0.25, -0.2) is 0 Å². The number of hydrogen-bond donors (Lipinski definition) is 2. The van der Waals surface area contributed by atoms with Crippen molar-refractivity contribution in [2.75, 3.05) is 20.2 Å². The minimum Gasteiger partial charge on any atom is -0.504 e. The number of methoxy groups -OCH3 is 1. The van der Waals surface area contributed by atoms with E-state index in [4.69, 9.17) is 4.74 Å². The number of likely N-dealkylation sites (tertiary alicyclic amines) is 1. The SMILES string of the molecule is COc1cccc(C(=O)NC2CCN(Cc3cccc(C(F)(F)F)c3)CC2)c1O. The van der Waals surface area contributed by atoms with E-state index in [0.717, 1.165) is 6.07 Å². The first-order chi connectivity index (χ1) is 13.8. The molecule has 0 spiro atoms. The first-order valence-electron chi connectivity index (χ1n) is 9.33. The van der Waals surface area contributed by atoms with Gasteiger partial charge in [-0.05, 0) is 36.6 Å². The zero-order chi connectivity index (χ0) is 21.0. The highest BCUT2D eigenvalue weighted by Gasteiger charge is 2.30. The van der Waals surface area contributed by atoms with Crippen LogP contribution < -0.4 is 10.1 Å². The summed E-state index contributed by atoms with van der Waals surface area (Å²) in [6.45, 7) is 1.75. The fourth-order valence-corrected chi connectivity index (χ4v) is 3.47. The third-order valence-electron chi connectivity index (χ3n) is 5.05. The summed E-state index contributed by atoms with van der Waals surface area (Å²) in [4.78, 5) is 14.5. The van der Waals surface area contributed by atoms with Gasteiger partial charge < -0.3 is 15.2 Å². The lowest BCUT2D eigenvalue weighted by Gasteiger charge is -2.32. The van der Waals surface area contributed by atoms with Crippen LogP contribution in [0.5, 0.6) is 11.5 Å². The quantitative estimate of drug-likeness (QED) is 0.790. The number of nitrogens with one attached hydrogen (secondary N) is 1. The second kappa shape index (κ2) is 8.73. The average molecular weight is 408 g/mol. The normalized spacial score (nSPS) is 15.9. The number of benzene rings is 2. The molecule has 1 heterocycles. The van der Waals surface area contributed by atoms with Gasteiger partial charge in [-0.15, -0.1) is 0 Å². The van der Waals surface area contributed by atoms with Gasteiger partial charge >= 0.3 is 6.18 Å². The van der Waals surface area contributed by atoms with Crippen LogP contribution in [0.15, 0.2) is 42.5 Å². The molecule has 0 aromatic heterocycles. The molecule has 1 aliphatic rings. The highest BCUT2D eigenvalue weighted by Crippen LogP contribution is 2.31. The van der Waals surface area contributed by atoms with Crippen molar-refractivity contribution in [2.45, 2.75) is 31.6 Å². The number of hydrogen-bond acceptors (Lipinski definition) is 4. The van der Waals surface area contributed by atoms with Crippen LogP contribution >= 0.6 is 0 Å². The molecule has 156 valence electrons. The van der Waals surface area contributed by atoms with Crippen LogP contribution in [0.25, 0.3) is 0 Å². The zero-order valence-electron chi connectivity index (χ0n) is 16.0. The molecule has 2 N–H and O–H groups in total. The monoisotopic (exact) mass is 408 g/mol. The van der Waals surface area contributed by atoms with Crippen molar-refractivity contribution in [1.29, 1.82) is 0 Å². The van der Waals surface area contributed by atoms with E-state index < -0.39 is 11.7 Å². The van der Waals surface area contributed by atoms with Gasteiger partial charge in [0.25, 0.3) is 5.91 Å². The van der Waals surface area contributed by atoms with Gasteiger partial charge in [0.15, 0.2) is 11.5 Å². The lowest BCUT2D eigenvalue weighted by Crippen LogP contribution is -2.44. The number of phenols is 1. The first-order valence-corrected chi connectivity index (χ1v) is 9.33. The van der Waals surface area contributed by atoms with E-state index in [1.165, 1.54) is 25.3 Å². The molecular formula is C21H23F3N2O3. The number of aromatic hydroxyl groups is 1. The van der Waals surface area contributed by atoms with Crippen molar-refractivity contribution in [3.8, 4) is 11.5 Å². The third-order valence-corrected chi connectivity index (χ3v) is 5.05. The predicted octanol–water partition coefficient (Wildman–Crippen LogP) is 3.81. The Morgan fingerprint density at radius 1 is 1.21 bits per heavy atom. The van der Waals surface area contributed by atoms with Crippen LogP contribution in [0.2, 0.25) is 0 Å². The average Bonchev–Trinajstić information content (AvgIpc) is 2.69. The second-order valence-corrected chi connectivity index (χ2v) is 7.08. The molecule has 1 saturated heterocycles. The lowest BCUT2D eigenvalue weighted by atomic mass is 10.0. The highest BCUT2D eigenvalue weighted by atomic mass is 19.4. The summed E-state index contributed by atoms with van der Waals surface area (Å²) in [5.74, 6) is -0.347. The molecule has 1 aliphatic heterocycles. The Hall–Kier alpha value is -2.74. The predicted molar refractivity (Wildman–Crippen MR) is 102 cm³/mol. The van der Waals surface area contributed by atoms with Gasteiger partial charge in [-0.1, -0.05) is 24.3 Å². The van der Waals surface area contributed by atoms with Gasteiger partial charge in [0.05, 0.1) is 18.2 Å². The van der Waals surface area contributed by atoms with Crippen molar-refractivity contribution in [3.05, 3.63) is 59.2 Å². The van der Waals surface area contributed by atoms with Crippen molar-refractivity contribution in [1.82, 2.24) is 10.2 Å².